The molecule has 3 amide bonds. The first kappa shape index (κ1) is 40.6. The van der Waals surface area contributed by atoms with Crippen LogP contribution in [0.1, 0.15) is 154 Å². The van der Waals surface area contributed by atoms with E-state index < -0.39 is 0 Å². The van der Waals surface area contributed by atoms with E-state index in [2.05, 4.69) is 30.4 Å². The number of allylic oxidation sites excluding steroid dienone is 3. The SMILES string of the molecule is C=CCCCCCCCCC(=O)NCCN(CCNC(=O)CCCCCCCCC=C)C(=O)CCCCCCCCC=C. The third-order valence-corrected chi connectivity index (χ3v) is 7.93. The summed E-state index contributed by atoms with van der Waals surface area (Å²) in [6.45, 7) is 13.2. The van der Waals surface area contributed by atoms with Crippen LogP contribution in [-0.2, 0) is 14.4 Å². The molecule has 0 bridgehead atoms. The highest BCUT2D eigenvalue weighted by molar-refractivity contribution is 5.78. The van der Waals surface area contributed by atoms with Gasteiger partial charge in [-0.15, -0.1) is 19.7 Å². The molecule has 0 aliphatic heterocycles. The van der Waals surface area contributed by atoms with E-state index in [4.69, 9.17) is 0 Å². The Morgan fingerprint density at radius 1 is 0.442 bits per heavy atom. The van der Waals surface area contributed by atoms with Gasteiger partial charge in [-0.1, -0.05) is 95.3 Å². The molecule has 43 heavy (non-hydrogen) atoms. The van der Waals surface area contributed by atoms with E-state index in [0.29, 0.717) is 45.4 Å². The lowest BCUT2D eigenvalue weighted by Crippen LogP contribution is -2.42. The number of amides is 3. The zero-order valence-electron chi connectivity index (χ0n) is 27.8. The first-order chi connectivity index (χ1) is 21.0. The van der Waals surface area contributed by atoms with E-state index in [-0.39, 0.29) is 17.7 Å². The summed E-state index contributed by atoms with van der Waals surface area (Å²) in [6, 6.07) is 0. The molecule has 248 valence electrons. The van der Waals surface area contributed by atoms with Gasteiger partial charge in [-0.05, 0) is 57.8 Å². The summed E-state index contributed by atoms with van der Waals surface area (Å²) in [5.74, 6) is 0.233. The fourth-order valence-electron chi connectivity index (χ4n) is 5.19. The highest BCUT2D eigenvalue weighted by Gasteiger charge is 2.14. The maximum Gasteiger partial charge on any atom is 0.222 e. The van der Waals surface area contributed by atoms with Crippen LogP contribution >= 0.6 is 0 Å². The van der Waals surface area contributed by atoms with Gasteiger partial charge in [-0.2, -0.15) is 0 Å². The second-order valence-electron chi connectivity index (χ2n) is 11.9. The predicted molar refractivity (Wildman–Crippen MR) is 184 cm³/mol. The molecule has 0 aliphatic carbocycles. The van der Waals surface area contributed by atoms with Crippen LogP contribution in [0.15, 0.2) is 38.0 Å². The van der Waals surface area contributed by atoms with Gasteiger partial charge in [0.05, 0.1) is 0 Å². The maximum atomic E-state index is 13.0. The summed E-state index contributed by atoms with van der Waals surface area (Å²) < 4.78 is 0. The number of nitrogens with zero attached hydrogens (tertiary/aromatic N) is 1. The third-order valence-electron chi connectivity index (χ3n) is 7.93. The molecular formula is C37H67N3O3. The maximum absolute atomic E-state index is 13.0. The average molecular weight is 602 g/mol. The molecule has 6 heteroatoms. The standard InChI is InChI=1S/C37H67N3O3/c1-4-7-10-13-16-19-22-25-28-35(41)38-31-33-40(37(43)30-27-24-21-18-15-12-9-6-3)34-32-39-36(42)29-26-23-20-17-14-11-8-5-2/h4-6H,1-3,7-34H2,(H,38,41)(H,39,42). The zero-order chi connectivity index (χ0) is 31.6. The first-order valence-corrected chi connectivity index (χ1v) is 17.7. The molecule has 6 nitrogen and oxygen atoms in total. The second kappa shape index (κ2) is 32.5. The van der Waals surface area contributed by atoms with Crippen molar-refractivity contribution in [1.29, 1.82) is 0 Å². The lowest BCUT2D eigenvalue weighted by molar-refractivity contribution is -0.132. The smallest absolute Gasteiger partial charge is 0.222 e. The van der Waals surface area contributed by atoms with Crippen LogP contribution in [0, 0.1) is 0 Å². The van der Waals surface area contributed by atoms with Gasteiger partial charge >= 0.3 is 0 Å². The molecule has 0 radical (unpaired) electrons. The Kier molecular flexibility index (Phi) is 30.7. The molecule has 0 rings (SSSR count). The van der Waals surface area contributed by atoms with Gasteiger partial charge in [0.15, 0.2) is 0 Å². The molecule has 0 spiro atoms. The van der Waals surface area contributed by atoms with E-state index in [1.807, 2.05) is 23.1 Å². The van der Waals surface area contributed by atoms with Crippen molar-refractivity contribution in [3.8, 4) is 0 Å². The number of hydrogen-bond donors (Lipinski definition) is 2. The largest absolute Gasteiger partial charge is 0.354 e. The lowest BCUT2D eigenvalue weighted by atomic mass is 10.1. The number of rotatable bonds is 33. The number of carbonyl (C=O) groups is 3. The van der Waals surface area contributed by atoms with Crippen molar-refractivity contribution in [2.75, 3.05) is 26.2 Å². The van der Waals surface area contributed by atoms with Crippen molar-refractivity contribution in [3.63, 3.8) is 0 Å². The Morgan fingerprint density at radius 2 is 0.744 bits per heavy atom. The van der Waals surface area contributed by atoms with E-state index in [1.165, 1.54) is 70.6 Å². The summed E-state index contributed by atoms with van der Waals surface area (Å²) >= 11 is 0. The molecule has 0 saturated heterocycles. The molecular weight excluding hydrogens is 534 g/mol. The van der Waals surface area contributed by atoms with Crippen LogP contribution in [0.2, 0.25) is 0 Å². The molecule has 0 aromatic carbocycles. The van der Waals surface area contributed by atoms with Gasteiger partial charge in [-0.3, -0.25) is 14.4 Å². The monoisotopic (exact) mass is 602 g/mol. The summed E-state index contributed by atoms with van der Waals surface area (Å²) in [7, 11) is 0. The molecule has 2 N–H and O–H groups in total. The second-order valence-corrected chi connectivity index (χ2v) is 11.9. The Bertz CT molecular complexity index is 680. The first-order valence-electron chi connectivity index (χ1n) is 17.7. The minimum Gasteiger partial charge on any atom is -0.354 e. The van der Waals surface area contributed by atoms with Gasteiger partial charge in [0, 0.05) is 45.4 Å². The number of nitrogens with one attached hydrogen (secondary N) is 2. The molecule has 0 unspecified atom stereocenters. The van der Waals surface area contributed by atoms with Crippen LogP contribution in [0.4, 0.5) is 0 Å². The fourth-order valence-corrected chi connectivity index (χ4v) is 5.19. The summed E-state index contributed by atoms with van der Waals surface area (Å²) in [4.78, 5) is 39.5. The van der Waals surface area contributed by atoms with Gasteiger partial charge in [0.2, 0.25) is 17.7 Å². The van der Waals surface area contributed by atoms with E-state index >= 15 is 0 Å². The Labute approximate surface area is 265 Å². The van der Waals surface area contributed by atoms with E-state index in [1.54, 1.807) is 0 Å². The van der Waals surface area contributed by atoms with Crippen molar-refractivity contribution in [2.24, 2.45) is 0 Å². The zero-order valence-corrected chi connectivity index (χ0v) is 27.8. The molecule has 0 aromatic heterocycles. The molecule has 0 fully saturated rings. The summed E-state index contributed by atoms with van der Waals surface area (Å²) in [5.41, 5.74) is 0. The van der Waals surface area contributed by atoms with Crippen LogP contribution in [0.3, 0.4) is 0 Å². The van der Waals surface area contributed by atoms with Crippen LogP contribution in [-0.4, -0.2) is 48.8 Å². The summed E-state index contributed by atoms with van der Waals surface area (Å²) in [5, 5.41) is 6.00. The topological polar surface area (TPSA) is 78.5 Å². The van der Waals surface area contributed by atoms with Gasteiger partial charge in [0.25, 0.3) is 0 Å². The summed E-state index contributed by atoms with van der Waals surface area (Å²) in [6.07, 6.45) is 31.1. The normalized spacial score (nSPS) is 10.7. The highest BCUT2D eigenvalue weighted by atomic mass is 16.2. The Hall–Kier alpha value is -2.37. The van der Waals surface area contributed by atoms with Gasteiger partial charge in [-0.25, -0.2) is 0 Å². The van der Waals surface area contributed by atoms with Crippen LogP contribution < -0.4 is 10.6 Å². The van der Waals surface area contributed by atoms with E-state index in [9.17, 15) is 14.4 Å². The molecule has 0 heterocycles. The van der Waals surface area contributed by atoms with Gasteiger partial charge in [0.1, 0.15) is 0 Å². The van der Waals surface area contributed by atoms with Gasteiger partial charge < -0.3 is 15.5 Å². The number of hydrogen-bond acceptors (Lipinski definition) is 3. The van der Waals surface area contributed by atoms with Crippen LogP contribution in [0.5, 0.6) is 0 Å². The average Bonchev–Trinajstić information content (AvgIpc) is 3.00. The van der Waals surface area contributed by atoms with Crippen molar-refractivity contribution < 1.29 is 14.4 Å². The van der Waals surface area contributed by atoms with Crippen molar-refractivity contribution in [2.45, 2.75) is 154 Å². The van der Waals surface area contributed by atoms with Crippen molar-refractivity contribution in [1.82, 2.24) is 15.5 Å². The van der Waals surface area contributed by atoms with Crippen molar-refractivity contribution in [3.05, 3.63) is 38.0 Å². The lowest BCUT2D eigenvalue weighted by Gasteiger charge is -2.23. The molecule has 0 aromatic rings. The highest BCUT2D eigenvalue weighted by Crippen LogP contribution is 2.11. The molecule has 0 saturated carbocycles. The molecule has 0 atom stereocenters. The molecule has 0 aliphatic rings. The Balaban J connectivity index is 4.33. The minimum atomic E-state index is 0.0597. The van der Waals surface area contributed by atoms with Crippen LogP contribution in [0.25, 0.3) is 0 Å². The van der Waals surface area contributed by atoms with E-state index in [0.717, 1.165) is 64.2 Å². The number of carbonyl (C=O) groups excluding carboxylic acids is 3. The predicted octanol–water partition coefficient (Wildman–Crippen LogP) is 8.97. The minimum absolute atomic E-state index is 0.0597. The van der Waals surface area contributed by atoms with Crippen molar-refractivity contribution >= 4 is 17.7 Å². The third kappa shape index (κ3) is 29.5. The fraction of sp³-hybridized carbons (Fsp3) is 0.757. The Morgan fingerprint density at radius 3 is 1.09 bits per heavy atom. The number of unbranched alkanes of at least 4 members (excludes halogenated alkanes) is 18. The quantitative estimate of drug-likeness (QED) is 0.0582.